The molecule has 2 fully saturated rings. The number of anilines is 3. The van der Waals surface area contributed by atoms with Crippen LogP contribution in [0.15, 0.2) is 36.7 Å². The highest BCUT2D eigenvalue weighted by molar-refractivity contribution is 5.93. The molecule has 0 spiro atoms. The number of piperidine rings is 1. The van der Waals surface area contributed by atoms with E-state index in [0.29, 0.717) is 17.6 Å². The Balaban J connectivity index is 1.40. The van der Waals surface area contributed by atoms with Crippen LogP contribution in [0.5, 0.6) is 0 Å². The van der Waals surface area contributed by atoms with E-state index in [-0.39, 0.29) is 5.91 Å². The number of amides is 1. The van der Waals surface area contributed by atoms with Gasteiger partial charge >= 0.3 is 0 Å². The molecule has 2 heterocycles. The summed E-state index contributed by atoms with van der Waals surface area (Å²) in [6.45, 7) is 4.57. The largest absolute Gasteiger partial charge is 0.372 e. The van der Waals surface area contributed by atoms with E-state index < -0.39 is 0 Å². The van der Waals surface area contributed by atoms with E-state index in [1.807, 2.05) is 0 Å². The third-order valence-electron chi connectivity index (χ3n) is 5.10. The number of benzene rings is 1. The van der Waals surface area contributed by atoms with E-state index in [2.05, 4.69) is 56.7 Å². The van der Waals surface area contributed by atoms with E-state index in [1.165, 1.54) is 24.9 Å². The highest BCUT2D eigenvalue weighted by Crippen LogP contribution is 2.25. The highest BCUT2D eigenvalue weighted by atomic mass is 16.2. The van der Waals surface area contributed by atoms with E-state index in [4.69, 9.17) is 0 Å². The molecule has 1 aliphatic carbocycles. The lowest BCUT2D eigenvalue weighted by Crippen LogP contribution is -2.32. The number of hydrogen-bond acceptors (Lipinski definition) is 5. The molecule has 0 bridgehead atoms. The van der Waals surface area contributed by atoms with Gasteiger partial charge in [-0.05, 0) is 55.9 Å². The fourth-order valence-corrected chi connectivity index (χ4v) is 3.21. The zero-order valence-electron chi connectivity index (χ0n) is 15.1. The van der Waals surface area contributed by atoms with Crippen molar-refractivity contribution in [2.24, 2.45) is 5.92 Å². The minimum Gasteiger partial charge on any atom is -0.372 e. The molecule has 6 heteroatoms. The van der Waals surface area contributed by atoms with Gasteiger partial charge in [0.25, 0.3) is 5.91 Å². The first-order chi connectivity index (χ1) is 12.7. The monoisotopic (exact) mass is 351 g/mol. The molecule has 2 aliphatic rings. The molecule has 1 saturated heterocycles. The first kappa shape index (κ1) is 16.8. The molecule has 1 aromatic heterocycles. The van der Waals surface area contributed by atoms with Gasteiger partial charge < -0.3 is 15.5 Å². The fourth-order valence-electron chi connectivity index (χ4n) is 3.21. The lowest BCUT2D eigenvalue weighted by Gasteiger charge is -2.32. The second kappa shape index (κ2) is 7.32. The van der Waals surface area contributed by atoms with Crippen LogP contribution in [0.2, 0.25) is 0 Å². The Kier molecular flexibility index (Phi) is 4.73. The number of aromatic nitrogens is 2. The Labute approximate surface area is 154 Å². The van der Waals surface area contributed by atoms with Crippen LogP contribution in [0.3, 0.4) is 0 Å². The average molecular weight is 351 g/mol. The Morgan fingerprint density at radius 3 is 2.50 bits per heavy atom. The molecule has 0 radical (unpaired) electrons. The van der Waals surface area contributed by atoms with Gasteiger partial charge in [0, 0.05) is 36.6 Å². The Morgan fingerprint density at radius 2 is 1.81 bits per heavy atom. The molecule has 1 aromatic carbocycles. The summed E-state index contributed by atoms with van der Waals surface area (Å²) in [4.78, 5) is 22.8. The van der Waals surface area contributed by atoms with Gasteiger partial charge in [0.1, 0.15) is 17.8 Å². The number of hydrogen-bond donors (Lipinski definition) is 2. The third kappa shape index (κ3) is 4.12. The third-order valence-corrected chi connectivity index (χ3v) is 5.10. The summed E-state index contributed by atoms with van der Waals surface area (Å²) in [6, 6.07) is 10.4. The summed E-state index contributed by atoms with van der Waals surface area (Å²) in [5, 5.41) is 6.20. The summed E-state index contributed by atoms with van der Waals surface area (Å²) in [6.07, 6.45) is 6.06. The van der Waals surface area contributed by atoms with Crippen LogP contribution in [-0.2, 0) is 0 Å². The maximum Gasteiger partial charge on any atom is 0.270 e. The average Bonchev–Trinajstić information content (AvgIpc) is 3.47. The Morgan fingerprint density at radius 1 is 1.08 bits per heavy atom. The van der Waals surface area contributed by atoms with E-state index in [0.717, 1.165) is 37.5 Å². The molecule has 4 rings (SSSR count). The van der Waals surface area contributed by atoms with Gasteiger partial charge in [-0.2, -0.15) is 0 Å². The van der Waals surface area contributed by atoms with Crippen LogP contribution in [0, 0.1) is 5.92 Å². The van der Waals surface area contributed by atoms with Gasteiger partial charge in [0.05, 0.1) is 0 Å². The molecule has 0 atom stereocenters. The van der Waals surface area contributed by atoms with Crippen molar-refractivity contribution in [3.05, 3.63) is 42.4 Å². The maximum atomic E-state index is 12.1. The zero-order valence-corrected chi connectivity index (χ0v) is 15.1. The second-order valence-corrected chi connectivity index (χ2v) is 7.38. The van der Waals surface area contributed by atoms with Crippen molar-refractivity contribution in [3.8, 4) is 0 Å². The van der Waals surface area contributed by atoms with Gasteiger partial charge in [0.2, 0.25) is 0 Å². The second-order valence-electron chi connectivity index (χ2n) is 7.38. The van der Waals surface area contributed by atoms with Crippen molar-refractivity contribution in [1.82, 2.24) is 15.3 Å². The number of carbonyl (C=O) groups excluding carboxylic acids is 1. The van der Waals surface area contributed by atoms with Crippen molar-refractivity contribution in [2.45, 2.75) is 38.6 Å². The molecule has 0 unspecified atom stereocenters. The maximum absolute atomic E-state index is 12.1. The SMILES string of the molecule is CC1CCN(c2ccc(Nc3cc(C(=O)NC4CC4)ncn3)cc2)CC1. The van der Waals surface area contributed by atoms with Crippen molar-refractivity contribution < 1.29 is 4.79 Å². The highest BCUT2D eigenvalue weighted by Gasteiger charge is 2.24. The topological polar surface area (TPSA) is 70.2 Å². The van der Waals surface area contributed by atoms with E-state index in [1.54, 1.807) is 6.07 Å². The Hall–Kier alpha value is -2.63. The van der Waals surface area contributed by atoms with Crippen LogP contribution in [-0.4, -0.2) is 35.0 Å². The predicted molar refractivity (Wildman–Crippen MR) is 103 cm³/mol. The summed E-state index contributed by atoms with van der Waals surface area (Å²) < 4.78 is 0. The lowest BCUT2D eigenvalue weighted by molar-refractivity contribution is 0.0946. The summed E-state index contributed by atoms with van der Waals surface area (Å²) in [5.74, 6) is 1.32. The quantitative estimate of drug-likeness (QED) is 0.864. The molecular weight excluding hydrogens is 326 g/mol. The molecule has 1 amide bonds. The summed E-state index contributed by atoms with van der Waals surface area (Å²) in [5.41, 5.74) is 2.61. The standard InChI is InChI=1S/C20H25N5O/c1-14-8-10-25(11-9-14)17-6-4-15(5-7-17)23-19-12-18(21-13-22-19)20(26)24-16-2-3-16/h4-7,12-14,16H,2-3,8-11H2,1H3,(H,24,26)(H,21,22,23). The first-order valence-electron chi connectivity index (χ1n) is 9.42. The molecule has 2 aromatic rings. The zero-order chi connectivity index (χ0) is 17.9. The van der Waals surface area contributed by atoms with E-state index in [9.17, 15) is 4.79 Å². The van der Waals surface area contributed by atoms with Gasteiger partial charge in [0.15, 0.2) is 0 Å². The van der Waals surface area contributed by atoms with Crippen LogP contribution in [0.25, 0.3) is 0 Å². The van der Waals surface area contributed by atoms with Gasteiger partial charge in [-0.15, -0.1) is 0 Å². The van der Waals surface area contributed by atoms with Crippen LogP contribution in [0.1, 0.15) is 43.1 Å². The molecule has 1 aliphatic heterocycles. The number of carbonyl (C=O) groups is 1. The molecule has 2 N–H and O–H groups in total. The number of nitrogens with one attached hydrogen (secondary N) is 2. The van der Waals surface area contributed by atoms with Crippen molar-refractivity contribution in [3.63, 3.8) is 0 Å². The van der Waals surface area contributed by atoms with Gasteiger partial charge in [-0.25, -0.2) is 9.97 Å². The Bertz CT molecular complexity index is 764. The smallest absolute Gasteiger partial charge is 0.270 e. The number of rotatable bonds is 5. The predicted octanol–water partition coefficient (Wildman–Crippen LogP) is 3.35. The molecule has 26 heavy (non-hydrogen) atoms. The summed E-state index contributed by atoms with van der Waals surface area (Å²) >= 11 is 0. The molecular formula is C20H25N5O. The first-order valence-corrected chi connectivity index (χ1v) is 9.42. The fraction of sp³-hybridized carbons (Fsp3) is 0.450. The number of nitrogens with zero attached hydrogens (tertiary/aromatic N) is 3. The lowest BCUT2D eigenvalue weighted by atomic mass is 9.99. The van der Waals surface area contributed by atoms with Gasteiger partial charge in [-0.3, -0.25) is 4.79 Å². The molecule has 1 saturated carbocycles. The van der Waals surface area contributed by atoms with Gasteiger partial charge in [-0.1, -0.05) is 6.92 Å². The van der Waals surface area contributed by atoms with Crippen LogP contribution >= 0.6 is 0 Å². The molecule has 6 nitrogen and oxygen atoms in total. The molecule has 136 valence electrons. The summed E-state index contributed by atoms with van der Waals surface area (Å²) in [7, 11) is 0. The van der Waals surface area contributed by atoms with Crippen LogP contribution < -0.4 is 15.5 Å². The van der Waals surface area contributed by atoms with Crippen molar-refractivity contribution in [2.75, 3.05) is 23.3 Å². The minimum absolute atomic E-state index is 0.132. The van der Waals surface area contributed by atoms with Crippen molar-refractivity contribution >= 4 is 23.1 Å². The van der Waals surface area contributed by atoms with E-state index >= 15 is 0 Å². The normalized spacial score (nSPS) is 17.8. The minimum atomic E-state index is -0.132. The van der Waals surface area contributed by atoms with Crippen LogP contribution in [0.4, 0.5) is 17.2 Å². The van der Waals surface area contributed by atoms with Crippen molar-refractivity contribution in [1.29, 1.82) is 0 Å².